The molecule has 0 saturated carbocycles. The van der Waals surface area contributed by atoms with E-state index in [4.69, 9.17) is 9.72 Å². The number of hydrogen-bond acceptors (Lipinski definition) is 7. The summed E-state index contributed by atoms with van der Waals surface area (Å²) in [6, 6.07) is 8.41. The molecule has 1 aliphatic rings. The summed E-state index contributed by atoms with van der Waals surface area (Å²) in [4.78, 5) is 27.4. The van der Waals surface area contributed by atoms with Crippen LogP contribution in [0, 0.1) is 23.0 Å². The Balaban J connectivity index is 1.59. The molecule has 192 valence electrons. The topological polar surface area (TPSA) is 116 Å². The number of nitrogens with one attached hydrogen (secondary N) is 1. The Bertz CT molecular complexity index is 1800. The van der Waals surface area contributed by atoms with E-state index in [-0.39, 0.29) is 35.9 Å². The van der Waals surface area contributed by atoms with Gasteiger partial charge in [-0.15, -0.1) is 0 Å². The summed E-state index contributed by atoms with van der Waals surface area (Å²) in [5.74, 6) is -1.32. The summed E-state index contributed by atoms with van der Waals surface area (Å²) >= 11 is 0. The lowest BCUT2D eigenvalue weighted by molar-refractivity contribution is 0.238. The van der Waals surface area contributed by atoms with Crippen LogP contribution < -0.4 is 15.7 Å². The largest absolute Gasteiger partial charge is 0.490 e. The second kappa shape index (κ2) is 9.35. The van der Waals surface area contributed by atoms with Crippen LogP contribution in [0.3, 0.4) is 0 Å². The third-order valence-electron chi connectivity index (χ3n) is 6.77. The number of rotatable bonds is 6. The Kier molecular flexibility index (Phi) is 5.84. The Morgan fingerprint density at radius 1 is 1.18 bits per heavy atom. The lowest BCUT2D eigenvalue weighted by Crippen LogP contribution is -2.32. The van der Waals surface area contributed by atoms with E-state index >= 15 is 4.39 Å². The molecule has 5 aromatic rings. The first kappa shape index (κ1) is 23.7. The Morgan fingerprint density at radius 3 is 2.84 bits per heavy atom. The SMILES string of the molecule is CNCCCn1c(=O)n(C2CCOc3c(F)ccc(F)c32)c2nc(-n3cnc4ccc(C#N)cc43)ncc21. The van der Waals surface area contributed by atoms with Crippen molar-refractivity contribution in [1.82, 2.24) is 34.0 Å². The molecular weight excluding hydrogens is 494 g/mol. The number of aryl methyl sites for hydroxylation is 1. The molecule has 3 aromatic heterocycles. The van der Waals surface area contributed by atoms with Gasteiger partial charge in [-0.05, 0) is 50.3 Å². The second-order valence-electron chi connectivity index (χ2n) is 8.99. The smallest absolute Gasteiger partial charge is 0.330 e. The van der Waals surface area contributed by atoms with Crippen LogP contribution in [-0.2, 0) is 6.54 Å². The van der Waals surface area contributed by atoms with Gasteiger partial charge < -0.3 is 10.1 Å². The molecule has 0 radical (unpaired) electrons. The second-order valence-corrected chi connectivity index (χ2v) is 8.99. The van der Waals surface area contributed by atoms with Gasteiger partial charge in [0.2, 0.25) is 5.95 Å². The van der Waals surface area contributed by atoms with Crippen molar-refractivity contribution in [3.8, 4) is 17.8 Å². The summed E-state index contributed by atoms with van der Waals surface area (Å²) in [7, 11) is 1.82. The van der Waals surface area contributed by atoms with Crippen LogP contribution in [0.5, 0.6) is 5.75 Å². The third-order valence-corrected chi connectivity index (χ3v) is 6.77. The van der Waals surface area contributed by atoms with Crippen LogP contribution in [0.15, 0.2) is 47.7 Å². The predicted octanol–water partition coefficient (Wildman–Crippen LogP) is 3.06. The summed E-state index contributed by atoms with van der Waals surface area (Å²) in [5.41, 5.74) is 2.06. The van der Waals surface area contributed by atoms with E-state index in [9.17, 15) is 14.4 Å². The minimum absolute atomic E-state index is 0.0143. The van der Waals surface area contributed by atoms with Crippen molar-refractivity contribution in [2.75, 3.05) is 20.2 Å². The van der Waals surface area contributed by atoms with Crippen molar-refractivity contribution < 1.29 is 13.5 Å². The van der Waals surface area contributed by atoms with Gasteiger partial charge in [0.25, 0.3) is 0 Å². The summed E-state index contributed by atoms with van der Waals surface area (Å²) in [5, 5.41) is 12.4. The van der Waals surface area contributed by atoms with Crippen LogP contribution in [0.4, 0.5) is 8.78 Å². The van der Waals surface area contributed by atoms with Gasteiger partial charge in [0.05, 0.1) is 47.1 Å². The maximum atomic E-state index is 15.1. The summed E-state index contributed by atoms with van der Waals surface area (Å²) in [6.07, 6.45) is 4.00. The van der Waals surface area contributed by atoms with Gasteiger partial charge in [0, 0.05) is 13.0 Å². The molecule has 1 aliphatic heterocycles. The highest BCUT2D eigenvalue weighted by Gasteiger charge is 2.33. The van der Waals surface area contributed by atoms with E-state index in [1.54, 1.807) is 33.5 Å². The number of nitrogens with zero attached hydrogens (tertiary/aromatic N) is 7. The van der Waals surface area contributed by atoms with E-state index in [2.05, 4.69) is 21.4 Å². The molecule has 0 fully saturated rings. The van der Waals surface area contributed by atoms with Gasteiger partial charge >= 0.3 is 5.69 Å². The molecule has 12 heteroatoms. The highest BCUT2D eigenvalue weighted by atomic mass is 19.1. The quantitative estimate of drug-likeness (QED) is 0.345. The lowest BCUT2D eigenvalue weighted by Gasteiger charge is -2.27. The van der Waals surface area contributed by atoms with Gasteiger partial charge in [-0.2, -0.15) is 10.2 Å². The number of ether oxygens (including phenoxy) is 1. The number of benzene rings is 2. The molecule has 1 atom stereocenters. The van der Waals surface area contributed by atoms with Crippen LogP contribution >= 0.6 is 0 Å². The van der Waals surface area contributed by atoms with Crippen molar-refractivity contribution in [2.24, 2.45) is 0 Å². The predicted molar refractivity (Wildman–Crippen MR) is 134 cm³/mol. The number of fused-ring (bicyclic) bond motifs is 3. The molecule has 0 amide bonds. The standard InChI is InChI=1S/C26H22F2N8O2/c1-30-8-2-9-34-21-13-31-25(35-14-32-18-6-3-15(12-29)11-20(18)35)33-24(21)36(26(34)37)19-7-10-38-23-17(28)5-4-16(27)22(19)23/h3-6,11,13-14,19,30H,2,7-10H2,1H3. The maximum Gasteiger partial charge on any atom is 0.330 e. The van der Waals surface area contributed by atoms with E-state index in [1.165, 1.54) is 10.9 Å². The number of hydrogen-bond donors (Lipinski definition) is 1. The molecule has 38 heavy (non-hydrogen) atoms. The average molecular weight is 517 g/mol. The van der Waals surface area contributed by atoms with Crippen molar-refractivity contribution >= 4 is 22.2 Å². The highest BCUT2D eigenvalue weighted by Crippen LogP contribution is 2.39. The zero-order valence-corrected chi connectivity index (χ0v) is 20.4. The minimum atomic E-state index is -0.831. The molecule has 10 nitrogen and oxygen atoms in total. The number of aromatic nitrogens is 6. The normalized spacial score (nSPS) is 14.9. The Hall–Kier alpha value is -4.63. The van der Waals surface area contributed by atoms with Crippen molar-refractivity contribution in [2.45, 2.75) is 25.4 Å². The monoisotopic (exact) mass is 516 g/mol. The first-order chi connectivity index (χ1) is 18.5. The maximum absolute atomic E-state index is 15.1. The number of imidazole rings is 2. The van der Waals surface area contributed by atoms with Crippen LogP contribution in [0.2, 0.25) is 0 Å². The molecule has 0 bridgehead atoms. The lowest BCUT2D eigenvalue weighted by atomic mass is 9.99. The molecule has 1 N–H and O–H groups in total. The molecule has 0 saturated heterocycles. The fraction of sp³-hybridized carbons (Fsp3) is 0.269. The van der Waals surface area contributed by atoms with Gasteiger partial charge in [0.1, 0.15) is 17.7 Å². The number of halogens is 2. The fourth-order valence-electron chi connectivity index (χ4n) is 4.99. The first-order valence-electron chi connectivity index (χ1n) is 12.1. The van der Waals surface area contributed by atoms with Gasteiger partial charge in [-0.25, -0.2) is 23.5 Å². The molecule has 4 heterocycles. The molecule has 0 aliphatic carbocycles. The summed E-state index contributed by atoms with van der Waals surface area (Å²) < 4.78 is 39.7. The molecule has 2 aromatic carbocycles. The first-order valence-corrected chi connectivity index (χ1v) is 12.1. The van der Waals surface area contributed by atoms with Crippen molar-refractivity contribution in [3.05, 3.63) is 76.1 Å². The van der Waals surface area contributed by atoms with Gasteiger partial charge in [-0.3, -0.25) is 13.7 Å². The van der Waals surface area contributed by atoms with Crippen molar-refractivity contribution in [1.29, 1.82) is 5.26 Å². The minimum Gasteiger partial charge on any atom is -0.490 e. The number of nitriles is 1. The third kappa shape index (κ3) is 3.71. The zero-order chi connectivity index (χ0) is 26.4. The van der Waals surface area contributed by atoms with E-state index in [0.717, 1.165) is 12.1 Å². The molecular formula is C26H22F2N8O2. The van der Waals surface area contributed by atoms with Crippen molar-refractivity contribution in [3.63, 3.8) is 0 Å². The fourth-order valence-corrected chi connectivity index (χ4v) is 4.99. The Morgan fingerprint density at radius 2 is 2.03 bits per heavy atom. The van der Waals surface area contributed by atoms with E-state index in [1.807, 2.05) is 7.05 Å². The highest BCUT2D eigenvalue weighted by molar-refractivity contribution is 5.79. The van der Waals surface area contributed by atoms with Gasteiger partial charge in [0.15, 0.2) is 17.2 Å². The molecule has 6 rings (SSSR count). The van der Waals surface area contributed by atoms with E-state index < -0.39 is 23.4 Å². The van der Waals surface area contributed by atoms with E-state index in [0.29, 0.717) is 41.6 Å². The summed E-state index contributed by atoms with van der Waals surface area (Å²) in [6.45, 7) is 1.17. The van der Waals surface area contributed by atoms with Crippen LogP contribution in [0.1, 0.15) is 30.0 Å². The van der Waals surface area contributed by atoms with Gasteiger partial charge in [-0.1, -0.05) is 0 Å². The van der Waals surface area contributed by atoms with Crippen LogP contribution in [0.25, 0.3) is 28.1 Å². The van der Waals surface area contributed by atoms with Crippen LogP contribution in [-0.4, -0.2) is 48.9 Å². The zero-order valence-electron chi connectivity index (χ0n) is 20.4. The Labute approximate surface area is 214 Å². The molecule has 1 unspecified atom stereocenters. The average Bonchev–Trinajstić information content (AvgIpc) is 3.48. The molecule has 0 spiro atoms.